The molecule has 0 spiro atoms. The molecule has 7 heteroatoms. The third-order valence-corrected chi connectivity index (χ3v) is 4.45. The maximum Gasteiger partial charge on any atom is 0.414 e. The van der Waals surface area contributed by atoms with Crippen molar-refractivity contribution in [2.75, 3.05) is 18.0 Å². The quantitative estimate of drug-likeness (QED) is 0.794. The number of benzene rings is 2. The van der Waals surface area contributed by atoms with Crippen molar-refractivity contribution in [3.8, 4) is 6.07 Å². The first-order valence-corrected chi connectivity index (χ1v) is 8.02. The van der Waals surface area contributed by atoms with Crippen LogP contribution in [-0.2, 0) is 4.74 Å². The number of anilines is 1. The van der Waals surface area contributed by atoms with Crippen molar-refractivity contribution in [2.45, 2.75) is 6.10 Å². The van der Waals surface area contributed by atoms with Crippen LogP contribution in [0, 0.1) is 11.3 Å². The molecule has 0 N–H and O–H groups in total. The molecule has 3 amide bonds. The summed E-state index contributed by atoms with van der Waals surface area (Å²) >= 11 is 0. The minimum Gasteiger partial charge on any atom is -0.442 e. The van der Waals surface area contributed by atoms with E-state index in [1.54, 1.807) is 48.5 Å². The molecule has 0 aliphatic carbocycles. The van der Waals surface area contributed by atoms with E-state index in [2.05, 4.69) is 0 Å². The normalized spacial score (nSPS) is 18.7. The molecular formula is C19H13N3O4. The Morgan fingerprint density at radius 3 is 2.19 bits per heavy atom. The van der Waals surface area contributed by atoms with Gasteiger partial charge in [-0.1, -0.05) is 12.1 Å². The van der Waals surface area contributed by atoms with Crippen molar-refractivity contribution in [1.29, 1.82) is 5.26 Å². The fourth-order valence-corrected chi connectivity index (χ4v) is 3.15. The second-order valence-corrected chi connectivity index (χ2v) is 6.04. The lowest BCUT2D eigenvalue weighted by Crippen LogP contribution is -2.38. The summed E-state index contributed by atoms with van der Waals surface area (Å²) in [5.74, 6) is -0.753. The predicted molar refractivity (Wildman–Crippen MR) is 90.6 cm³/mol. The number of nitriles is 1. The number of fused-ring (bicyclic) bond motifs is 1. The van der Waals surface area contributed by atoms with E-state index in [9.17, 15) is 14.4 Å². The van der Waals surface area contributed by atoms with Crippen molar-refractivity contribution >= 4 is 23.6 Å². The second kappa shape index (κ2) is 6.01. The topological polar surface area (TPSA) is 90.7 Å². The molecule has 0 aromatic heterocycles. The number of ether oxygens (including phenoxy) is 1. The maximum atomic E-state index is 12.4. The molecule has 1 saturated heterocycles. The smallest absolute Gasteiger partial charge is 0.414 e. The Labute approximate surface area is 149 Å². The number of cyclic esters (lactones) is 1. The number of rotatable bonds is 3. The van der Waals surface area contributed by atoms with E-state index in [0.29, 0.717) is 22.4 Å². The van der Waals surface area contributed by atoms with Crippen LogP contribution >= 0.6 is 0 Å². The lowest BCUT2D eigenvalue weighted by molar-refractivity contribution is 0.0558. The highest BCUT2D eigenvalue weighted by molar-refractivity contribution is 6.21. The second-order valence-electron chi connectivity index (χ2n) is 6.04. The molecule has 0 bridgehead atoms. The predicted octanol–water partition coefficient (Wildman–Crippen LogP) is 2.18. The Kier molecular flexibility index (Phi) is 3.66. The van der Waals surface area contributed by atoms with Crippen molar-refractivity contribution in [2.24, 2.45) is 0 Å². The summed E-state index contributed by atoms with van der Waals surface area (Å²) in [6.07, 6.45) is -1.16. The van der Waals surface area contributed by atoms with Crippen molar-refractivity contribution in [3.05, 3.63) is 65.2 Å². The molecule has 2 aromatic rings. The molecule has 1 atom stereocenters. The van der Waals surface area contributed by atoms with Crippen molar-refractivity contribution in [3.63, 3.8) is 0 Å². The highest BCUT2D eigenvalue weighted by Gasteiger charge is 2.40. The molecule has 2 aromatic carbocycles. The SMILES string of the molecule is N#Cc1ccc(N2C[C@H](CN3C(=O)c4ccccc4C3=O)OC2=O)cc1. The Morgan fingerprint density at radius 2 is 1.62 bits per heavy atom. The van der Waals surface area contributed by atoms with Gasteiger partial charge in [-0.2, -0.15) is 5.26 Å². The molecule has 1 fully saturated rings. The third kappa shape index (κ3) is 2.48. The molecule has 2 aliphatic rings. The molecule has 7 nitrogen and oxygen atoms in total. The molecule has 0 saturated carbocycles. The van der Waals surface area contributed by atoms with Crippen LogP contribution in [0.25, 0.3) is 0 Å². The van der Waals surface area contributed by atoms with E-state index in [0.717, 1.165) is 4.90 Å². The zero-order chi connectivity index (χ0) is 18.3. The first-order chi connectivity index (χ1) is 12.6. The van der Waals surface area contributed by atoms with Gasteiger partial charge in [0.2, 0.25) is 0 Å². The van der Waals surface area contributed by atoms with E-state index in [4.69, 9.17) is 10.00 Å². The van der Waals surface area contributed by atoms with Gasteiger partial charge in [0.25, 0.3) is 11.8 Å². The van der Waals surface area contributed by atoms with Gasteiger partial charge < -0.3 is 4.74 Å². The first kappa shape index (κ1) is 15.8. The Hall–Kier alpha value is -3.66. The maximum absolute atomic E-state index is 12.4. The highest BCUT2D eigenvalue weighted by atomic mass is 16.6. The Morgan fingerprint density at radius 1 is 1.00 bits per heavy atom. The third-order valence-electron chi connectivity index (χ3n) is 4.45. The van der Waals surface area contributed by atoms with Crippen LogP contribution in [0.15, 0.2) is 48.5 Å². The zero-order valence-corrected chi connectivity index (χ0v) is 13.6. The minimum atomic E-state index is -0.611. The van der Waals surface area contributed by atoms with Gasteiger partial charge in [0.05, 0.1) is 35.8 Å². The molecule has 4 rings (SSSR count). The number of carbonyl (C=O) groups is 3. The van der Waals surface area contributed by atoms with Crippen LogP contribution in [0.2, 0.25) is 0 Å². The van der Waals surface area contributed by atoms with E-state index in [-0.39, 0.29) is 24.9 Å². The van der Waals surface area contributed by atoms with Gasteiger partial charge in [-0.25, -0.2) is 4.79 Å². The van der Waals surface area contributed by atoms with E-state index < -0.39 is 12.2 Å². The first-order valence-electron chi connectivity index (χ1n) is 8.02. The van der Waals surface area contributed by atoms with Gasteiger partial charge in [0.15, 0.2) is 0 Å². The largest absolute Gasteiger partial charge is 0.442 e. The van der Waals surface area contributed by atoms with Gasteiger partial charge in [0, 0.05) is 5.69 Å². The molecule has 2 heterocycles. The summed E-state index contributed by atoms with van der Waals surface area (Å²) in [5, 5.41) is 8.85. The van der Waals surface area contributed by atoms with Crippen LogP contribution in [-0.4, -0.2) is 42.0 Å². The summed E-state index contributed by atoms with van der Waals surface area (Å²) in [4.78, 5) is 39.5. The van der Waals surface area contributed by atoms with Gasteiger partial charge in [0.1, 0.15) is 6.10 Å². The van der Waals surface area contributed by atoms with Gasteiger partial charge in [-0.3, -0.25) is 19.4 Å². The van der Waals surface area contributed by atoms with Gasteiger partial charge in [-0.05, 0) is 36.4 Å². The lowest BCUT2D eigenvalue weighted by atomic mass is 10.1. The van der Waals surface area contributed by atoms with Crippen LogP contribution in [0.1, 0.15) is 26.3 Å². The summed E-state index contributed by atoms with van der Waals surface area (Å²) in [5.41, 5.74) is 1.82. The molecule has 26 heavy (non-hydrogen) atoms. The Bertz CT molecular complexity index is 926. The molecular weight excluding hydrogens is 334 g/mol. The number of imide groups is 1. The van der Waals surface area contributed by atoms with E-state index >= 15 is 0 Å². The number of hydrogen-bond acceptors (Lipinski definition) is 5. The van der Waals surface area contributed by atoms with Crippen LogP contribution in [0.5, 0.6) is 0 Å². The molecule has 0 radical (unpaired) electrons. The minimum absolute atomic E-state index is 0.00483. The monoisotopic (exact) mass is 347 g/mol. The number of nitrogens with zero attached hydrogens (tertiary/aromatic N) is 3. The fraction of sp³-hybridized carbons (Fsp3) is 0.158. The average Bonchev–Trinajstić information content (AvgIpc) is 3.15. The van der Waals surface area contributed by atoms with Crippen molar-refractivity contribution in [1.82, 2.24) is 4.90 Å². The average molecular weight is 347 g/mol. The molecule has 128 valence electrons. The van der Waals surface area contributed by atoms with Gasteiger partial charge >= 0.3 is 6.09 Å². The number of carbonyl (C=O) groups excluding carboxylic acids is 3. The van der Waals surface area contributed by atoms with Crippen LogP contribution in [0.4, 0.5) is 10.5 Å². The standard InChI is InChI=1S/C19H13N3O4/c20-9-12-5-7-13(8-6-12)21-10-14(26-19(21)25)11-22-17(23)15-3-1-2-4-16(15)18(22)24/h1-8,14H,10-11H2/t14-/m1/s1. The van der Waals surface area contributed by atoms with Gasteiger partial charge in [-0.15, -0.1) is 0 Å². The van der Waals surface area contributed by atoms with Crippen LogP contribution in [0.3, 0.4) is 0 Å². The van der Waals surface area contributed by atoms with E-state index in [1.807, 2.05) is 6.07 Å². The zero-order valence-electron chi connectivity index (χ0n) is 13.6. The fourth-order valence-electron chi connectivity index (χ4n) is 3.15. The summed E-state index contributed by atoms with van der Waals surface area (Å²) in [6.45, 7) is 0.225. The summed E-state index contributed by atoms with van der Waals surface area (Å²) in [7, 11) is 0. The lowest BCUT2D eigenvalue weighted by Gasteiger charge is -2.17. The summed E-state index contributed by atoms with van der Waals surface area (Å²) < 4.78 is 5.32. The van der Waals surface area contributed by atoms with E-state index in [1.165, 1.54) is 4.90 Å². The number of amides is 3. The molecule has 2 aliphatic heterocycles. The molecule has 0 unspecified atom stereocenters. The van der Waals surface area contributed by atoms with Crippen molar-refractivity contribution < 1.29 is 19.1 Å². The summed E-state index contributed by atoms with van der Waals surface area (Å²) in [6, 6.07) is 15.2. The highest BCUT2D eigenvalue weighted by Crippen LogP contribution is 2.26. The number of hydrogen-bond donors (Lipinski definition) is 0. The Balaban J connectivity index is 1.49. The van der Waals surface area contributed by atoms with Crippen LogP contribution < -0.4 is 4.90 Å².